The molecule has 0 heterocycles. The summed E-state index contributed by atoms with van der Waals surface area (Å²) in [5.74, 6) is 0.380. The molecule has 0 aliphatic heterocycles. The maximum Gasteiger partial charge on any atom is 0.241 e. The highest BCUT2D eigenvalue weighted by atomic mass is 32.2. The molecule has 1 saturated carbocycles. The van der Waals surface area contributed by atoms with E-state index in [1.54, 1.807) is 12.1 Å². The van der Waals surface area contributed by atoms with E-state index in [-0.39, 0.29) is 23.3 Å². The van der Waals surface area contributed by atoms with Crippen LogP contribution in [0.2, 0.25) is 0 Å². The van der Waals surface area contributed by atoms with Gasteiger partial charge in [0.25, 0.3) is 0 Å². The lowest BCUT2D eigenvalue weighted by Gasteiger charge is -2.23. The fraction of sp³-hybridized carbons (Fsp3) is 0.480. The van der Waals surface area contributed by atoms with Crippen LogP contribution in [0.1, 0.15) is 56.6 Å². The quantitative estimate of drug-likeness (QED) is 0.554. The van der Waals surface area contributed by atoms with E-state index in [0.29, 0.717) is 12.4 Å². The van der Waals surface area contributed by atoms with E-state index in [9.17, 15) is 13.2 Å². The number of aryl methyl sites for hydroxylation is 1. The lowest BCUT2D eigenvalue weighted by atomic mass is 10.0. The summed E-state index contributed by atoms with van der Waals surface area (Å²) in [6, 6.07) is 13.4. The van der Waals surface area contributed by atoms with Gasteiger partial charge in [0.1, 0.15) is 11.8 Å². The Morgan fingerprint density at radius 3 is 2.38 bits per heavy atom. The minimum Gasteiger partial charge on any atom is -0.494 e. The summed E-state index contributed by atoms with van der Waals surface area (Å²) in [6.45, 7) is 4.20. The maximum atomic E-state index is 13.2. The molecule has 0 radical (unpaired) electrons. The van der Waals surface area contributed by atoms with Gasteiger partial charge in [-0.3, -0.25) is 4.79 Å². The van der Waals surface area contributed by atoms with Crippen molar-refractivity contribution in [3.8, 4) is 5.75 Å². The third kappa shape index (κ3) is 6.81. The standard InChI is InChI=1S/C25H34N2O4S/c1-3-31-24-16-15-22(17-19(24)2)32(29,30)27-23(18-20-11-7-6-8-12-20)25(28)26-21-13-9-4-5-10-14-21/h6-8,11-12,15-17,21,23,27H,3-5,9-10,13-14,18H2,1-2H3,(H,26,28)/t23-/m0/s1. The first kappa shape index (κ1) is 24.3. The molecule has 2 aromatic rings. The predicted octanol–water partition coefficient (Wildman–Crippen LogP) is 4.12. The fourth-order valence-electron chi connectivity index (χ4n) is 4.12. The number of sulfonamides is 1. The lowest BCUT2D eigenvalue weighted by molar-refractivity contribution is -0.123. The van der Waals surface area contributed by atoms with E-state index in [1.165, 1.54) is 18.9 Å². The van der Waals surface area contributed by atoms with Crippen molar-refractivity contribution in [1.82, 2.24) is 10.0 Å². The second-order valence-electron chi connectivity index (χ2n) is 8.42. The van der Waals surface area contributed by atoms with Gasteiger partial charge in [-0.1, -0.05) is 56.0 Å². The van der Waals surface area contributed by atoms with Crippen LogP contribution >= 0.6 is 0 Å². The molecule has 174 valence electrons. The summed E-state index contributed by atoms with van der Waals surface area (Å²) in [4.78, 5) is 13.3. The van der Waals surface area contributed by atoms with Gasteiger partial charge in [-0.25, -0.2) is 8.42 Å². The number of hydrogen-bond donors (Lipinski definition) is 2. The average Bonchev–Trinajstić information content (AvgIpc) is 3.04. The SMILES string of the molecule is CCOc1ccc(S(=O)(=O)N[C@@H](Cc2ccccc2)C(=O)NC2CCCCCC2)cc1C. The molecule has 32 heavy (non-hydrogen) atoms. The second kappa shape index (κ2) is 11.5. The number of ether oxygens (including phenoxy) is 1. The van der Waals surface area contributed by atoms with Crippen LogP contribution in [0.3, 0.4) is 0 Å². The Morgan fingerprint density at radius 1 is 1.06 bits per heavy atom. The molecule has 7 heteroatoms. The van der Waals surface area contributed by atoms with Crippen molar-refractivity contribution in [3.63, 3.8) is 0 Å². The summed E-state index contributed by atoms with van der Waals surface area (Å²) >= 11 is 0. The van der Waals surface area contributed by atoms with Crippen molar-refractivity contribution in [1.29, 1.82) is 0 Å². The molecule has 1 atom stereocenters. The molecule has 0 saturated heterocycles. The summed E-state index contributed by atoms with van der Waals surface area (Å²) in [5.41, 5.74) is 1.64. The molecule has 3 rings (SSSR count). The zero-order valence-electron chi connectivity index (χ0n) is 19.0. The van der Waals surface area contributed by atoms with Crippen LogP contribution < -0.4 is 14.8 Å². The Morgan fingerprint density at radius 2 is 1.75 bits per heavy atom. The normalized spacial score (nSPS) is 16.2. The minimum absolute atomic E-state index is 0.0977. The van der Waals surface area contributed by atoms with E-state index in [2.05, 4.69) is 10.0 Å². The number of carbonyl (C=O) groups excluding carboxylic acids is 1. The van der Waals surface area contributed by atoms with Gasteiger partial charge in [0.15, 0.2) is 0 Å². The van der Waals surface area contributed by atoms with E-state index in [0.717, 1.165) is 36.8 Å². The first-order chi connectivity index (χ1) is 15.4. The first-order valence-electron chi connectivity index (χ1n) is 11.5. The molecule has 1 aliphatic carbocycles. The van der Waals surface area contributed by atoms with Crippen LogP contribution in [0.4, 0.5) is 0 Å². The fourth-order valence-corrected chi connectivity index (χ4v) is 5.41. The van der Waals surface area contributed by atoms with E-state index in [1.807, 2.05) is 44.2 Å². The molecular weight excluding hydrogens is 424 g/mol. The van der Waals surface area contributed by atoms with Gasteiger partial charge in [0.05, 0.1) is 11.5 Å². The number of nitrogens with one attached hydrogen (secondary N) is 2. The Hall–Kier alpha value is -2.38. The van der Waals surface area contributed by atoms with Crippen LogP contribution in [0.15, 0.2) is 53.4 Å². The van der Waals surface area contributed by atoms with Crippen LogP contribution in [0.25, 0.3) is 0 Å². The number of amides is 1. The van der Waals surface area contributed by atoms with Crippen molar-refractivity contribution in [2.75, 3.05) is 6.61 Å². The van der Waals surface area contributed by atoms with Gasteiger partial charge >= 0.3 is 0 Å². The van der Waals surface area contributed by atoms with Gasteiger partial charge in [0, 0.05) is 6.04 Å². The maximum absolute atomic E-state index is 13.2. The average molecular weight is 459 g/mol. The molecule has 1 amide bonds. The van der Waals surface area contributed by atoms with Crippen molar-refractivity contribution in [2.24, 2.45) is 0 Å². The number of rotatable bonds is 9. The summed E-state index contributed by atoms with van der Waals surface area (Å²) in [6.07, 6.45) is 6.71. The summed E-state index contributed by atoms with van der Waals surface area (Å²) in [5, 5.41) is 3.10. The second-order valence-corrected chi connectivity index (χ2v) is 10.1. The predicted molar refractivity (Wildman–Crippen MR) is 126 cm³/mol. The van der Waals surface area contributed by atoms with Gasteiger partial charge in [-0.05, 0) is 62.4 Å². The minimum atomic E-state index is -3.89. The van der Waals surface area contributed by atoms with E-state index >= 15 is 0 Å². The number of carbonyl (C=O) groups is 1. The monoisotopic (exact) mass is 458 g/mol. The summed E-state index contributed by atoms with van der Waals surface area (Å²) in [7, 11) is -3.89. The third-order valence-electron chi connectivity index (χ3n) is 5.85. The van der Waals surface area contributed by atoms with E-state index < -0.39 is 16.1 Å². The van der Waals surface area contributed by atoms with Crippen molar-refractivity contribution in [2.45, 2.75) is 75.8 Å². The van der Waals surface area contributed by atoms with Crippen molar-refractivity contribution in [3.05, 3.63) is 59.7 Å². The topological polar surface area (TPSA) is 84.5 Å². The molecular formula is C25H34N2O4S. The van der Waals surface area contributed by atoms with Crippen LogP contribution in [0, 0.1) is 6.92 Å². The lowest BCUT2D eigenvalue weighted by Crippen LogP contribution is -2.50. The van der Waals surface area contributed by atoms with Gasteiger partial charge in [-0.2, -0.15) is 4.72 Å². The highest BCUT2D eigenvalue weighted by molar-refractivity contribution is 7.89. The van der Waals surface area contributed by atoms with Crippen molar-refractivity contribution >= 4 is 15.9 Å². The summed E-state index contributed by atoms with van der Waals surface area (Å²) < 4.78 is 34.5. The molecule has 1 fully saturated rings. The highest BCUT2D eigenvalue weighted by Crippen LogP contribution is 2.22. The van der Waals surface area contributed by atoms with Crippen LogP contribution in [0.5, 0.6) is 5.75 Å². The van der Waals surface area contributed by atoms with Crippen LogP contribution in [-0.4, -0.2) is 33.0 Å². The molecule has 1 aliphatic rings. The Bertz CT molecular complexity index is 984. The smallest absolute Gasteiger partial charge is 0.241 e. The molecule has 6 nitrogen and oxygen atoms in total. The molecule has 0 bridgehead atoms. The van der Waals surface area contributed by atoms with Crippen LogP contribution in [-0.2, 0) is 21.2 Å². The molecule has 0 spiro atoms. The highest BCUT2D eigenvalue weighted by Gasteiger charge is 2.28. The largest absolute Gasteiger partial charge is 0.494 e. The zero-order chi connectivity index (χ0) is 23.0. The molecule has 0 unspecified atom stereocenters. The van der Waals surface area contributed by atoms with Gasteiger partial charge in [0.2, 0.25) is 15.9 Å². The Kier molecular flexibility index (Phi) is 8.70. The first-order valence-corrected chi connectivity index (χ1v) is 13.0. The van der Waals surface area contributed by atoms with E-state index in [4.69, 9.17) is 4.74 Å². The van der Waals surface area contributed by atoms with Crippen molar-refractivity contribution < 1.29 is 17.9 Å². The Balaban J connectivity index is 1.80. The number of benzene rings is 2. The van der Waals surface area contributed by atoms with Gasteiger partial charge in [-0.15, -0.1) is 0 Å². The Labute approximate surface area is 191 Å². The zero-order valence-corrected chi connectivity index (χ0v) is 19.8. The molecule has 2 N–H and O–H groups in total. The third-order valence-corrected chi connectivity index (χ3v) is 7.32. The molecule has 0 aromatic heterocycles. The van der Waals surface area contributed by atoms with Gasteiger partial charge < -0.3 is 10.1 Å². The number of hydrogen-bond acceptors (Lipinski definition) is 4. The molecule has 2 aromatic carbocycles.